The second-order valence-electron chi connectivity index (χ2n) is 6.79. The van der Waals surface area contributed by atoms with Crippen LogP contribution in [-0.2, 0) is 11.2 Å². The molecule has 3 heterocycles. The lowest BCUT2D eigenvalue weighted by Crippen LogP contribution is -2.27. The van der Waals surface area contributed by atoms with E-state index in [1.807, 2.05) is 33.0 Å². The third-order valence-electron chi connectivity index (χ3n) is 3.63. The third kappa shape index (κ3) is 3.80. The Morgan fingerprint density at radius 1 is 1.20 bits per heavy atom. The number of pyridine rings is 1. The van der Waals surface area contributed by atoms with Gasteiger partial charge in [-0.25, -0.2) is 14.5 Å². The lowest BCUT2D eigenvalue weighted by atomic mass is 9.96. The van der Waals surface area contributed by atoms with Crippen molar-refractivity contribution in [2.45, 2.75) is 27.2 Å². The van der Waals surface area contributed by atoms with Crippen LogP contribution in [0.4, 0.5) is 5.82 Å². The summed E-state index contributed by atoms with van der Waals surface area (Å²) in [4.78, 5) is 24.9. The SMILES string of the molecule is CC(C)(C)C(=O)Nc1ccc(-c2cnc3nc(CCN)nn3c2)cn1. The standard InChI is InChI=1S/C17H21N7O/c1-17(2,3)15(25)21-13-5-4-11(8-19-13)12-9-20-16-22-14(6-7-18)23-24(16)10-12/h4-5,8-10H,6-7,18H2,1-3H3,(H,19,21,25). The Bertz CT molecular complexity index is 893. The minimum Gasteiger partial charge on any atom is -0.330 e. The van der Waals surface area contributed by atoms with E-state index >= 15 is 0 Å². The van der Waals surface area contributed by atoms with Crippen molar-refractivity contribution in [3.63, 3.8) is 0 Å². The Kier molecular flexibility index (Phi) is 4.45. The van der Waals surface area contributed by atoms with Crippen LogP contribution in [0, 0.1) is 5.41 Å². The van der Waals surface area contributed by atoms with Crippen molar-refractivity contribution in [2.75, 3.05) is 11.9 Å². The molecular formula is C17H21N7O. The maximum absolute atomic E-state index is 12.0. The Morgan fingerprint density at radius 2 is 1.96 bits per heavy atom. The molecule has 0 atom stereocenters. The minimum atomic E-state index is -0.469. The van der Waals surface area contributed by atoms with E-state index in [0.717, 1.165) is 11.1 Å². The van der Waals surface area contributed by atoms with Gasteiger partial charge in [-0.15, -0.1) is 5.10 Å². The first-order valence-corrected chi connectivity index (χ1v) is 8.06. The van der Waals surface area contributed by atoms with Crippen LogP contribution in [0.5, 0.6) is 0 Å². The molecule has 0 aromatic carbocycles. The van der Waals surface area contributed by atoms with Gasteiger partial charge in [-0.3, -0.25) is 4.79 Å². The van der Waals surface area contributed by atoms with Crippen LogP contribution in [0.15, 0.2) is 30.7 Å². The second kappa shape index (κ2) is 6.56. The lowest BCUT2D eigenvalue weighted by Gasteiger charge is -2.17. The van der Waals surface area contributed by atoms with Gasteiger partial charge in [0, 0.05) is 41.6 Å². The maximum Gasteiger partial charge on any atom is 0.252 e. The summed E-state index contributed by atoms with van der Waals surface area (Å²) >= 11 is 0. The summed E-state index contributed by atoms with van der Waals surface area (Å²) in [5.41, 5.74) is 6.80. The predicted molar refractivity (Wildman–Crippen MR) is 94.9 cm³/mol. The number of nitrogens with one attached hydrogen (secondary N) is 1. The summed E-state index contributed by atoms with van der Waals surface area (Å²) < 4.78 is 1.63. The largest absolute Gasteiger partial charge is 0.330 e. The maximum atomic E-state index is 12.0. The molecule has 0 aliphatic rings. The zero-order valence-electron chi connectivity index (χ0n) is 14.5. The number of carbonyl (C=O) groups is 1. The number of carbonyl (C=O) groups excluding carboxylic acids is 1. The Labute approximate surface area is 145 Å². The summed E-state index contributed by atoms with van der Waals surface area (Å²) in [5, 5.41) is 7.16. The van der Waals surface area contributed by atoms with Crippen molar-refractivity contribution in [3.05, 3.63) is 36.5 Å². The number of aromatic nitrogens is 5. The third-order valence-corrected chi connectivity index (χ3v) is 3.63. The van der Waals surface area contributed by atoms with Crippen molar-refractivity contribution in [3.8, 4) is 11.1 Å². The average Bonchev–Trinajstić information content (AvgIpc) is 2.96. The Morgan fingerprint density at radius 3 is 2.60 bits per heavy atom. The first kappa shape index (κ1) is 17.0. The molecule has 0 saturated heterocycles. The Hall–Kier alpha value is -2.87. The summed E-state index contributed by atoms with van der Waals surface area (Å²) in [6.45, 7) is 6.06. The molecule has 0 unspecified atom stereocenters. The van der Waals surface area contributed by atoms with E-state index in [0.29, 0.717) is 30.4 Å². The summed E-state index contributed by atoms with van der Waals surface area (Å²) in [5.74, 6) is 1.65. The first-order valence-electron chi connectivity index (χ1n) is 8.06. The molecule has 3 aromatic rings. The smallest absolute Gasteiger partial charge is 0.252 e. The van der Waals surface area contributed by atoms with Gasteiger partial charge in [0.15, 0.2) is 5.82 Å². The minimum absolute atomic E-state index is 0.0779. The number of fused-ring (bicyclic) bond motifs is 1. The molecule has 25 heavy (non-hydrogen) atoms. The zero-order chi connectivity index (χ0) is 18.0. The molecule has 0 aliphatic heterocycles. The van der Waals surface area contributed by atoms with Crippen molar-refractivity contribution < 1.29 is 4.79 Å². The molecule has 0 saturated carbocycles. The van der Waals surface area contributed by atoms with E-state index < -0.39 is 5.41 Å². The highest BCUT2D eigenvalue weighted by atomic mass is 16.2. The monoisotopic (exact) mass is 339 g/mol. The molecule has 3 N–H and O–H groups in total. The number of anilines is 1. The summed E-state index contributed by atoms with van der Waals surface area (Å²) in [6, 6.07) is 3.65. The number of amides is 1. The highest BCUT2D eigenvalue weighted by Crippen LogP contribution is 2.20. The topological polar surface area (TPSA) is 111 Å². The molecular weight excluding hydrogens is 318 g/mol. The highest BCUT2D eigenvalue weighted by Gasteiger charge is 2.21. The fourth-order valence-electron chi connectivity index (χ4n) is 2.15. The zero-order valence-corrected chi connectivity index (χ0v) is 14.5. The molecule has 8 nitrogen and oxygen atoms in total. The molecule has 8 heteroatoms. The van der Waals surface area contributed by atoms with Crippen LogP contribution in [-0.4, -0.2) is 37.0 Å². The number of hydrogen-bond acceptors (Lipinski definition) is 6. The van der Waals surface area contributed by atoms with Crippen molar-refractivity contribution >= 4 is 17.5 Å². The van der Waals surface area contributed by atoms with E-state index in [-0.39, 0.29) is 5.91 Å². The molecule has 3 aromatic heterocycles. The van der Waals surface area contributed by atoms with Gasteiger partial charge in [0.05, 0.1) is 0 Å². The van der Waals surface area contributed by atoms with Gasteiger partial charge in [0.1, 0.15) is 5.82 Å². The van der Waals surface area contributed by atoms with E-state index in [9.17, 15) is 4.79 Å². The number of nitrogens with zero attached hydrogens (tertiary/aromatic N) is 5. The van der Waals surface area contributed by atoms with Gasteiger partial charge in [0.25, 0.3) is 5.78 Å². The van der Waals surface area contributed by atoms with Gasteiger partial charge in [0.2, 0.25) is 5.91 Å². The molecule has 1 amide bonds. The molecule has 0 bridgehead atoms. The Balaban J connectivity index is 1.82. The predicted octanol–water partition coefficient (Wildman–Crippen LogP) is 1.67. The first-order chi connectivity index (χ1) is 11.9. The van der Waals surface area contributed by atoms with E-state index in [4.69, 9.17) is 5.73 Å². The summed E-state index contributed by atoms with van der Waals surface area (Å²) in [7, 11) is 0. The van der Waals surface area contributed by atoms with Crippen LogP contribution in [0.1, 0.15) is 26.6 Å². The van der Waals surface area contributed by atoms with Gasteiger partial charge in [-0.1, -0.05) is 20.8 Å². The van der Waals surface area contributed by atoms with Gasteiger partial charge >= 0.3 is 0 Å². The van der Waals surface area contributed by atoms with Crippen molar-refractivity contribution in [2.24, 2.45) is 11.1 Å². The van der Waals surface area contributed by atoms with Gasteiger partial charge < -0.3 is 11.1 Å². The normalized spacial score (nSPS) is 11.7. The van der Waals surface area contributed by atoms with Crippen LogP contribution >= 0.6 is 0 Å². The molecule has 0 aliphatic carbocycles. The van der Waals surface area contributed by atoms with E-state index in [2.05, 4.69) is 25.4 Å². The summed E-state index contributed by atoms with van der Waals surface area (Å²) in [6.07, 6.45) is 5.88. The molecule has 0 fully saturated rings. The molecule has 0 radical (unpaired) electrons. The molecule has 3 rings (SSSR count). The second-order valence-corrected chi connectivity index (χ2v) is 6.79. The van der Waals surface area contributed by atoms with Crippen LogP contribution in [0.2, 0.25) is 0 Å². The lowest BCUT2D eigenvalue weighted by molar-refractivity contribution is -0.123. The number of hydrogen-bond donors (Lipinski definition) is 2. The van der Waals surface area contributed by atoms with Crippen molar-refractivity contribution in [1.29, 1.82) is 0 Å². The van der Waals surface area contributed by atoms with Gasteiger partial charge in [-0.05, 0) is 18.7 Å². The number of rotatable bonds is 4. The van der Waals surface area contributed by atoms with Gasteiger partial charge in [-0.2, -0.15) is 4.98 Å². The molecule has 0 spiro atoms. The van der Waals surface area contributed by atoms with Crippen LogP contribution < -0.4 is 11.1 Å². The van der Waals surface area contributed by atoms with Crippen LogP contribution in [0.3, 0.4) is 0 Å². The van der Waals surface area contributed by atoms with Crippen molar-refractivity contribution in [1.82, 2.24) is 24.6 Å². The number of nitrogens with two attached hydrogens (primary N) is 1. The van der Waals surface area contributed by atoms with Crippen LogP contribution in [0.25, 0.3) is 16.9 Å². The molecule has 130 valence electrons. The fraction of sp³-hybridized carbons (Fsp3) is 0.353. The van der Waals surface area contributed by atoms with E-state index in [1.54, 1.807) is 23.0 Å². The average molecular weight is 339 g/mol. The fourth-order valence-corrected chi connectivity index (χ4v) is 2.15. The highest BCUT2D eigenvalue weighted by molar-refractivity contribution is 5.93. The van der Waals surface area contributed by atoms with E-state index in [1.165, 1.54) is 0 Å². The quantitative estimate of drug-likeness (QED) is 0.748.